The van der Waals surface area contributed by atoms with E-state index in [0.29, 0.717) is 0 Å². The summed E-state index contributed by atoms with van der Waals surface area (Å²) >= 11 is 6.49. The minimum atomic E-state index is 1.03. The minimum Gasteiger partial charge on any atom is -0.143 e. The lowest BCUT2D eigenvalue weighted by atomic mass is 10.0. The van der Waals surface area contributed by atoms with Gasteiger partial charge in [-0.3, -0.25) is 0 Å². The molecule has 0 nitrogen and oxygen atoms in total. The van der Waals surface area contributed by atoms with Crippen LogP contribution < -0.4 is 0 Å². The van der Waals surface area contributed by atoms with Crippen molar-refractivity contribution in [2.24, 2.45) is 0 Å². The molecular weight excluding hydrogens is 448 g/mol. The molecule has 0 heterocycles. The van der Waals surface area contributed by atoms with E-state index in [0.717, 1.165) is 4.90 Å². The average Bonchev–Trinajstić information content (AvgIpc) is 2.85. The van der Waals surface area contributed by atoms with E-state index in [1.165, 1.54) is 135 Å². The molecule has 0 radical (unpaired) electrons. The molecule has 0 bridgehead atoms. The van der Waals surface area contributed by atoms with E-state index in [2.05, 4.69) is 68.1 Å². The monoisotopic (exact) mass is 494 g/mol. The summed E-state index contributed by atoms with van der Waals surface area (Å²) in [6.45, 7) is 2.30. The van der Waals surface area contributed by atoms with E-state index in [1.54, 1.807) is 0 Å². The molecule has 186 valence electrons. The Bertz CT molecular complexity index is 962. The molecule has 3 aromatic carbocycles. The first kappa shape index (κ1) is 27.5. The van der Waals surface area contributed by atoms with E-state index >= 15 is 0 Å². The van der Waals surface area contributed by atoms with Crippen LogP contribution in [-0.2, 0) is 0 Å². The normalized spacial score (nSPS) is 11.6. The first-order valence-corrected chi connectivity index (χ1v) is 15.5. The van der Waals surface area contributed by atoms with Gasteiger partial charge in [-0.15, -0.1) is 24.4 Å². The third kappa shape index (κ3) is 9.86. The Kier molecular flexibility index (Phi) is 13.4. The van der Waals surface area contributed by atoms with Gasteiger partial charge in [0.05, 0.1) is 0 Å². The van der Waals surface area contributed by atoms with E-state index in [1.807, 2.05) is 11.8 Å². The molecule has 0 aliphatic carbocycles. The van der Waals surface area contributed by atoms with Crippen molar-refractivity contribution in [3.05, 3.63) is 48.5 Å². The first-order chi connectivity index (χ1) is 16.8. The molecule has 0 unspecified atom stereocenters. The van der Waals surface area contributed by atoms with Gasteiger partial charge in [0.25, 0.3) is 0 Å². The van der Waals surface area contributed by atoms with Crippen molar-refractivity contribution in [1.29, 1.82) is 0 Å². The van der Waals surface area contributed by atoms with Gasteiger partial charge in [0.2, 0.25) is 0 Å². The Morgan fingerprint density at radius 3 is 1.56 bits per heavy atom. The fraction of sp³-hybridized carbons (Fsp3) is 0.562. The summed E-state index contributed by atoms with van der Waals surface area (Å²) in [4.78, 5) is 2.43. The Morgan fingerprint density at radius 2 is 1.00 bits per heavy atom. The topological polar surface area (TPSA) is 0 Å². The van der Waals surface area contributed by atoms with Crippen LogP contribution in [-0.4, -0.2) is 5.75 Å². The molecule has 0 aromatic heterocycles. The molecule has 3 rings (SSSR count). The highest BCUT2D eigenvalue weighted by molar-refractivity contribution is 7.99. The first-order valence-electron chi connectivity index (χ1n) is 14.1. The van der Waals surface area contributed by atoms with E-state index in [-0.39, 0.29) is 0 Å². The Labute approximate surface area is 219 Å². The molecule has 0 amide bonds. The molecule has 34 heavy (non-hydrogen) atoms. The predicted octanol–water partition coefficient (Wildman–Crippen LogP) is 11.6. The van der Waals surface area contributed by atoms with Crippen LogP contribution in [0.4, 0.5) is 0 Å². The molecular formula is C32H46S2. The molecule has 2 heteroatoms. The predicted molar refractivity (Wildman–Crippen MR) is 159 cm³/mol. The number of rotatable bonds is 18. The van der Waals surface area contributed by atoms with Crippen LogP contribution in [0.5, 0.6) is 0 Å². The van der Waals surface area contributed by atoms with Crippen LogP contribution in [0.25, 0.3) is 21.5 Å². The van der Waals surface area contributed by atoms with Gasteiger partial charge >= 0.3 is 0 Å². The van der Waals surface area contributed by atoms with Crippen LogP contribution in [0.15, 0.2) is 58.3 Å². The zero-order valence-corrected chi connectivity index (χ0v) is 23.2. The van der Waals surface area contributed by atoms with Gasteiger partial charge in [-0.1, -0.05) is 128 Å². The van der Waals surface area contributed by atoms with Gasteiger partial charge in [-0.2, -0.15) is 0 Å². The number of thioether (sulfide) groups is 1. The number of hydrogen-bond donors (Lipinski definition) is 1. The van der Waals surface area contributed by atoms with Crippen molar-refractivity contribution in [3.8, 4) is 0 Å². The third-order valence-corrected chi connectivity index (χ3v) is 8.42. The quantitative estimate of drug-likeness (QED) is 0.0793. The molecule has 0 atom stereocenters. The summed E-state index contributed by atoms with van der Waals surface area (Å²) in [7, 11) is 0. The van der Waals surface area contributed by atoms with Crippen LogP contribution in [0, 0.1) is 0 Å². The lowest BCUT2D eigenvalue weighted by molar-refractivity contribution is 0.531. The van der Waals surface area contributed by atoms with Gasteiger partial charge in [0, 0.05) is 9.79 Å². The fourth-order valence-corrected chi connectivity index (χ4v) is 6.14. The van der Waals surface area contributed by atoms with Gasteiger partial charge in [-0.25, -0.2) is 0 Å². The number of thiol groups is 1. The van der Waals surface area contributed by atoms with Crippen molar-refractivity contribution < 1.29 is 0 Å². The average molecular weight is 495 g/mol. The van der Waals surface area contributed by atoms with Crippen molar-refractivity contribution >= 4 is 45.9 Å². The highest BCUT2D eigenvalue weighted by Gasteiger charge is 2.03. The third-order valence-electron chi connectivity index (χ3n) is 7.06. The maximum Gasteiger partial charge on any atom is 0.00783 e. The second kappa shape index (κ2) is 16.5. The zero-order chi connectivity index (χ0) is 23.8. The van der Waals surface area contributed by atoms with E-state index < -0.39 is 0 Å². The van der Waals surface area contributed by atoms with Crippen molar-refractivity contribution in [3.63, 3.8) is 0 Å². The van der Waals surface area contributed by atoms with Crippen molar-refractivity contribution in [1.82, 2.24) is 0 Å². The minimum absolute atomic E-state index is 1.03. The van der Waals surface area contributed by atoms with Crippen molar-refractivity contribution in [2.75, 3.05) is 5.75 Å². The lowest BCUT2D eigenvalue weighted by Crippen LogP contribution is -1.85. The lowest BCUT2D eigenvalue weighted by Gasteiger charge is -2.07. The summed E-state index contributed by atoms with van der Waals surface area (Å²) < 4.78 is 0. The maximum absolute atomic E-state index is 4.48. The number of benzene rings is 3. The van der Waals surface area contributed by atoms with Gasteiger partial charge in [0.1, 0.15) is 0 Å². The largest absolute Gasteiger partial charge is 0.143 e. The summed E-state index contributed by atoms with van der Waals surface area (Å²) in [5, 5.41) is 5.28. The highest BCUT2D eigenvalue weighted by atomic mass is 32.2. The second-order valence-electron chi connectivity index (χ2n) is 10.0. The molecule has 0 saturated carbocycles. The van der Waals surface area contributed by atoms with Gasteiger partial charge < -0.3 is 0 Å². The fourth-order valence-electron chi connectivity index (χ4n) is 4.97. The standard InChI is InChI=1S/C32H46S2/c1-2-3-4-5-6-7-8-9-10-11-12-13-14-15-16-17-24-34-30-21-23-32-28(26-30)19-18-27-25-29(33)20-22-31(27)32/h18-23,25-26,33H,2-17,24H2,1H3. The summed E-state index contributed by atoms with van der Waals surface area (Å²) in [5.41, 5.74) is 0. The maximum atomic E-state index is 4.48. The number of unbranched alkanes of at least 4 members (excludes halogenated alkanes) is 15. The Morgan fingerprint density at radius 1 is 0.529 bits per heavy atom. The Balaban J connectivity index is 1.18. The Hall–Kier alpha value is -1.12. The number of fused-ring (bicyclic) bond motifs is 3. The molecule has 0 spiro atoms. The summed E-state index contributed by atoms with van der Waals surface area (Å²) in [6.07, 6.45) is 22.9. The molecule has 0 aliphatic rings. The molecule has 3 aromatic rings. The second-order valence-corrected chi connectivity index (χ2v) is 11.7. The molecule has 0 aliphatic heterocycles. The van der Waals surface area contributed by atoms with Gasteiger partial charge in [-0.05, 0) is 58.0 Å². The SMILES string of the molecule is CCCCCCCCCCCCCCCCCCSc1ccc2c(ccc3cc(S)ccc32)c1. The summed E-state index contributed by atoms with van der Waals surface area (Å²) in [6, 6.07) is 17.9. The van der Waals surface area contributed by atoms with Crippen molar-refractivity contribution in [2.45, 2.75) is 119 Å². The zero-order valence-electron chi connectivity index (χ0n) is 21.5. The highest BCUT2D eigenvalue weighted by Crippen LogP contribution is 2.31. The van der Waals surface area contributed by atoms with E-state index in [4.69, 9.17) is 0 Å². The molecule has 0 N–H and O–H groups in total. The van der Waals surface area contributed by atoms with Crippen LogP contribution in [0.1, 0.15) is 110 Å². The molecule has 0 fully saturated rings. The summed E-state index contributed by atoms with van der Waals surface area (Å²) in [5.74, 6) is 1.24. The van der Waals surface area contributed by atoms with Crippen LogP contribution >= 0.6 is 24.4 Å². The van der Waals surface area contributed by atoms with Gasteiger partial charge in [0.15, 0.2) is 0 Å². The number of hydrogen-bond acceptors (Lipinski definition) is 2. The van der Waals surface area contributed by atoms with Crippen LogP contribution in [0.3, 0.4) is 0 Å². The van der Waals surface area contributed by atoms with Crippen LogP contribution in [0.2, 0.25) is 0 Å². The molecule has 0 saturated heterocycles. The smallest absolute Gasteiger partial charge is 0.00783 e. The van der Waals surface area contributed by atoms with E-state index in [9.17, 15) is 0 Å².